The molecule has 0 aliphatic rings. The third-order valence-electron chi connectivity index (χ3n) is 1.29. The van der Waals surface area contributed by atoms with Crippen molar-refractivity contribution in [2.75, 3.05) is 6.26 Å². The second kappa shape index (κ2) is 5.24. The lowest BCUT2D eigenvalue weighted by molar-refractivity contribution is 0.387. The van der Waals surface area contributed by atoms with Crippen LogP contribution in [0.4, 0.5) is 0 Å². The maximum Gasteiger partial charge on any atom is 0.223 e. The molecule has 0 saturated heterocycles. The van der Waals surface area contributed by atoms with Crippen molar-refractivity contribution in [2.45, 2.75) is 13.5 Å². The van der Waals surface area contributed by atoms with Crippen LogP contribution in [0, 0.1) is 18.4 Å². The van der Waals surface area contributed by atoms with Crippen LogP contribution in [0.1, 0.15) is 11.7 Å². The van der Waals surface area contributed by atoms with Crippen LogP contribution < -0.4 is 5.32 Å². The molecule has 0 aliphatic heterocycles. The van der Waals surface area contributed by atoms with Gasteiger partial charge in [-0.1, -0.05) is 16.9 Å². The predicted octanol–water partition coefficient (Wildman–Crippen LogP) is 0.668. The van der Waals surface area contributed by atoms with E-state index < -0.39 is 0 Å². The number of thioether (sulfide) groups is 1. The summed E-state index contributed by atoms with van der Waals surface area (Å²) in [7, 11) is 0. The van der Waals surface area contributed by atoms with Gasteiger partial charge in [0.05, 0.1) is 0 Å². The molecule has 1 rings (SSSR count). The van der Waals surface area contributed by atoms with E-state index in [0.717, 1.165) is 0 Å². The number of hydrogen-bond acceptors (Lipinski definition) is 6. The summed E-state index contributed by atoms with van der Waals surface area (Å²) in [4.78, 5) is 8.05. The van der Waals surface area contributed by atoms with Crippen molar-refractivity contribution in [3.05, 3.63) is 11.7 Å². The molecule has 74 valence electrons. The van der Waals surface area contributed by atoms with Crippen LogP contribution in [0.25, 0.3) is 0 Å². The fraction of sp³-hybridized carbons (Fsp3) is 0.429. The first-order valence-corrected chi connectivity index (χ1v) is 5.01. The minimum atomic E-state index is 0.308. The number of nitrogens with zero attached hydrogens (tertiary/aromatic N) is 4. The molecule has 0 amide bonds. The van der Waals surface area contributed by atoms with Gasteiger partial charge in [-0.2, -0.15) is 10.2 Å². The highest BCUT2D eigenvalue weighted by Crippen LogP contribution is 2.00. The largest absolute Gasteiger partial charge is 0.340 e. The highest BCUT2D eigenvalue weighted by molar-refractivity contribution is 8.13. The van der Waals surface area contributed by atoms with Gasteiger partial charge in [-0.3, -0.25) is 10.3 Å². The van der Waals surface area contributed by atoms with Gasteiger partial charge >= 0.3 is 0 Å². The van der Waals surface area contributed by atoms with Crippen LogP contribution in [0.15, 0.2) is 9.52 Å². The number of aryl methyl sites for hydroxylation is 1. The van der Waals surface area contributed by atoms with Crippen molar-refractivity contribution in [3.8, 4) is 6.19 Å². The van der Waals surface area contributed by atoms with E-state index in [1.54, 1.807) is 13.1 Å². The highest BCUT2D eigenvalue weighted by Gasteiger charge is 2.01. The quantitative estimate of drug-likeness (QED) is 0.335. The van der Waals surface area contributed by atoms with Gasteiger partial charge in [0.2, 0.25) is 5.89 Å². The van der Waals surface area contributed by atoms with Crippen LogP contribution in [0.3, 0.4) is 0 Å². The third-order valence-corrected chi connectivity index (χ3v) is 1.91. The van der Waals surface area contributed by atoms with E-state index >= 15 is 0 Å². The van der Waals surface area contributed by atoms with Crippen LogP contribution in [-0.4, -0.2) is 21.6 Å². The van der Waals surface area contributed by atoms with Crippen molar-refractivity contribution in [1.82, 2.24) is 15.5 Å². The van der Waals surface area contributed by atoms with Gasteiger partial charge in [0.25, 0.3) is 0 Å². The lowest BCUT2D eigenvalue weighted by Crippen LogP contribution is -2.13. The van der Waals surface area contributed by atoms with Crippen LogP contribution in [0.2, 0.25) is 0 Å². The maximum absolute atomic E-state index is 8.36. The van der Waals surface area contributed by atoms with Gasteiger partial charge in [-0.15, -0.1) is 0 Å². The Kier molecular flexibility index (Phi) is 3.94. The van der Waals surface area contributed by atoms with E-state index in [1.165, 1.54) is 11.8 Å². The maximum atomic E-state index is 8.36. The van der Waals surface area contributed by atoms with Crippen LogP contribution in [-0.2, 0) is 6.54 Å². The Morgan fingerprint density at radius 2 is 2.57 bits per heavy atom. The third kappa shape index (κ3) is 3.06. The highest BCUT2D eigenvalue weighted by atomic mass is 32.2. The Morgan fingerprint density at radius 3 is 3.07 bits per heavy atom. The summed E-state index contributed by atoms with van der Waals surface area (Å²) in [5.74, 6) is 1.02. The molecule has 0 bridgehead atoms. The van der Waals surface area contributed by atoms with E-state index in [2.05, 4.69) is 20.4 Å². The summed E-state index contributed by atoms with van der Waals surface area (Å²) in [5, 5.41) is 15.0. The topological polar surface area (TPSA) is 87.1 Å². The molecule has 14 heavy (non-hydrogen) atoms. The fourth-order valence-electron chi connectivity index (χ4n) is 0.751. The summed E-state index contributed by atoms with van der Waals surface area (Å²) in [6, 6.07) is 0. The molecule has 0 atom stereocenters. The normalized spacial score (nSPS) is 11.1. The number of aliphatic imine (C=N–C) groups is 1. The number of amidine groups is 1. The lowest BCUT2D eigenvalue weighted by atomic mass is 10.6. The molecule has 0 unspecified atom stereocenters. The first-order valence-electron chi connectivity index (χ1n) is 3.79. The molecular formula is C7H9N5OS. The summed E-state index contributed by atoms with van der Waals surface area (Å²) >= 11 is 1.35. The smallest absolute Gasteiger partial charge is 0.223 e. The van der Waals surface area contributed by atoms with Gasteiger partial charge in [-0.25, -0.2) is 0 Å². The molecule has 6 nitrogen and oxygen atoms in total. The zero-order chi connectivity index (χ0) is 10.4. The second-order valence-electron chi connectivity index (χ2n) is 2.29. The van der Waals surface area contributed by atoms with Gasteiger partial charge < -0.3 is 4.52 Å². The molecule has 0 spiro atoms. The first kappa shape index (κ1) is 10.5. The molecule has 1 heterocycles. The Balaban J connectivity index is 2.57. The average molecular weight is 211 g/mol. The lowest BCUT2D eigenvalue weighted by Gasteiger charge is -1.96. The van der Waals surface area contributed by atoms with Gasteiger partial charge in [0, 0.05) is 6.92 Å². The number of nitrogens with one attached hydrogen (secondary N) is 1. The Hall–Kier alpha value is -1.55. The molecule has 7 heteroatoms. The Morgan fingerprint density at radius 1 is 1.79 bits per heavy atom. The second-order valence-corrected chi connectivity index (χ2v) is 3.09. The molecule has 1 N–H and O–H groups in total. The fourth-order valence-corrected chi connectivity index (χ4v) is 1.09. The summed E-state index contributed by atoms with van der Waals surface area (Å²) < 4.78 is 4.77. The minimum absolute atomic E-state index is 0.308. The van der Waals surface area contributed by atoms with E-state index in [1.807, 2.05) is 6.26 Å². The molecule has 0 fully saturated rings. The number of aromatic nitrogens is 2. The van der Waals surface area contributed by atoms with E-state index in [0.29, 0.717) is 23.4 Å². The van der Waals surface area contributed by atoms with Crippen LogP contribution in [0.5, 0.6) is 0 Å². The van der Waals surface area contributed by atoms with Crippen molar-refractivity contribution in [2.24, 2.45) is 4.99 Å². The molecule has 0 aromatic carbocycles. The zero-order valence-corrected chi connectivity index (χ0v) is 8.63. The minimum Gasteiger partial charge on any atom is -0.340 e. The Labute approximate surface area is 85.4 Å². The Bertz CT molecular complexity index is 366. The molecule has 0 aliphatic carbocycles. The molecule has 0 radical (unpaired) electrons. The van der Waals surface area contributed by atoms with Gasteiger partial charge in [0.15, 0.2) is 17.2 Å². The molecular weight excluding hydrogens is 202 g/mol. The first-order chi connectivity index (χ1) is 6.76. The summed E-state index contributed by atoms with van der Waals surface area (Å²) in [6.45, 7) is 2.02. The van der Waals surface area contributed by atoms with Crippen molar-refractivity contribution in [3.63, 3.8) is 0 Å². The molecule has 1 aromatic rings. The number of nitriles is 1. The summed E-state index contributed by atoms with van der Waals surface area (Å²) in [6.07, 6.45) is 3.62. The van der Waals surface area contributed by atoms with E-state index in [-0.39, 0.29) is 0 Å². The van der Waals surface area contributed by atoms with Crippen molar-refractivity contribution in [1.29, 1.82) is 5.26 Å². The monoisotopic (exact) mass is 211 g/mol. The van der Waals surface area contributed by atoms with Gasteiger partial charge in [-0.05, 0) is 6.26 Å². The average Bonchev–Trinajstić information content (AvgIpc) is 2.59. The van der Waals surface area contributed by atoms with Crippen molar-refractivity contribution >= 4 is 16.9 Å². The standard InChI is InChI=1S/C7H9N5OS/c1-5-11-6(12-13-5)3-9-7(14-2)10-4-8/h3H2,1-2H3,(H,9,10). The van der Waals surface area contributed by atoms with Gasteiger partial charge in [0.1, 0.15) is 6.54 Å². The number of hydrogen-bond donors (Lipinski definition) is 1. The van der Waals surface area contributed by atoms with Crippen LogP contribution >= 0.6 is 11.8 Å². The van der Waals surface area contributed by atoms with E-state index in [4.69, 9.17) is 9.78 Å². The molecule has 1 aromatic heterocycles. The molecule has 0 saturated carbocycles. The zero-order valence-electron chi connectivity index (χ0n) is 7.81. The number of rotatable bonds is 2. The summed E-state index contributed by atoms with van der Waals surface area (Å²) in [5.41, 5.74) is 0. The van der Waals surface area contributed by atoms with E-state index in [9.17, 15) is 0 Å². The predicted molar refractivity (Wildman–Crippen MR) is 52.4 cm³/mol. The van der Waals surface area contributed by atoms with Crippen molar-refractivity contribution < 1.29 is 4.52 Å². The SMILES string of the molecule is CSC(=NCc1noc(C)n1)NC#N.